The number of rotatable bonds is 7. The van der Waals surface area contributed by atoms with Crippen LogP contribution in [0.5, 0.6) is 0 Å². The van der Waals surface area contributed by atoms with Crippen molar-refractivity contribution in [2.24, 2.45) is 0 Å². The smallest absolute Gasteiger partial charge is 0.230 e. The molecule has 9 heteroatoms. The van der Waals surface area contributed by atoms with Crippen LogP contribution in [0.4, 0.5) is 10.8 Å². The third-order valence-electron chi connectivity index (χ3n) is 4.58. The van der Waals surface area contributed by atoms with Gasteiger partial charge in [-0.3, -0.25) is 14.8 Å². The lowest BCUT2D eigenvalue weighted by atomic mass is 10.1. The number of nitrogens with one attached hydrogen (secondary N) is 1. The van der Waals surface area contributed by atoms with Gasteiger partial charge in [0.2, 0.25) is 11.1 Å². The number of carbonyl (C=O) groups excluding carboxylic acids is 1. The van der Waals surface area contributed by atoms with Gasteiger partial charge in [0.25, 0.3) is 0 Å². The van der Waals surface area contributed by atoms with Gasteiger partial charge in [-0.05, 0) is 48.4 Å². The number of carbonyl (C=O) groups is 1. The van der Waals surface area contributed by atoms with E-state index in [2.05, 4.69) is 27.1 Å². The second-order valence-corrected chi connectivity index (χ2v) is 8.97. The first-order valence-corrected chi connectivity index (χ1v) is 11.9. The summed E-state index contributed by atoms with van der Waals surface area (Å²) in [6.07, 6.45) is 0.958. The summed E-state index contributed by atoms with van der Waals surface area (Å²) in [6, 6.07) is 15.4. The Hall–Kier alpha value is -2.68. The SMILES string of the molecule is CCc1ccc(N(C(C)=O)c2nc(CSc3n[nH]c(-c4ccc(Cl)cc4)n3)cs2)cc1. The molecule has 6 nitrogen and oxygen atoms in total. The molecule has 158 valence electrons. The van der Waals surface area contributed by atoms with E-state index in [0.717, 1.165) is 23.4 Å². The van der Waals surface area contributed by atoms with Gasteiger partial charge in [0, 0.05) is 28.6 Å². The molecule has 0 aliphatic carbocycles. The third-order valence-corrected chi connectivity index (χ3v) is 6.59. The van der Waals surface area contributed by atoms with E-state index < -0.39 is 0 Å². The maximum Gasteiger partial charge on any atom is 0.230 e. The summed E-state index contributed by atoms with van der Waals surface area (Å²) in [7, 11) is 0. The molecule has 1 N–H and O–H groups in total. The molecule has 0 aliphatic rings. The Labute approximate surface area is 193 Å². The van der Waals surface area contributed by atoms with Crippen molar-refractivity contribution in [1.29, 1.82) is 0 Å². The van der Waals surface area contributed by atoms with Crippen LogP contribution in [0.1, 0.15) is 25.1 Å². The topological polar surface area (TPSA) is 74.8 Å². The van der Waals surface area contributed by atoms with Crippen molar-refractivity contribution < 1.29 is 4.79 Å². The maximum atomic E-state index is 12.3. The van der Waals surface area contributed by atoms with Crippen molar-refractivity contribution in [2.75, 3.05) is 4.90 Å². The number of hydrogen-bond donors (Lipinski definition) is 1. The first-order valence-electron chi connectivity index (χ1n) is 9.68. The highest BCUT2D eigenvalue weighted by Gasteiger charge is 2.18. The molecule has 0 bridgehead atoms. The molecule has 0 spiro atoms. The average molecular weight is 470 g/mol. The van der Waals surface area contributed by atoms with Crippen molar-refractivity contribution >= 4 is 51.4 Å². The fraction of sp³-hybridized carbons (Fsp3) is 0.182. The predicted molar refractivity (Wildman–Crippen MR) is 127 cm³/mol. The Morgan fingerprint density at radius 3 is 2.55 bits per heavy atom. The number of aryl methyl sites for hydroxylation is 1. The molecule has 0 radical (unpaired) electrons. The Balaban J connectivity index is 1.44. The fourth-order valence-corrected chi connectivity index (χ4v) is 4.77. The monoisotopic (exact) mass is 469 g/mol. The van der Waals surface area contributed by atoms with E-state index in [-0.39, 0.29) is 5.91 Å². The molecular weight excluding hydrogens is 450 g/mol. The molecule has 0 fully saturated rings. The molecule has 0 aliphatic heterocycles. The summed E-state index contributed by atoms with van der Waals surface area (Å²) in [6.45, 7) is 3.66. The van der Waals surface area contributed by atoms with Crippen molar-refractivity contribution in [3.63, 3.8) is 0 Å². The van der Waals surface area contributed by atoms with E-state index in [1.807, 2.05) is 53.9 Å². The molecule has 2 heterocycles. The standard InChI is InChI=1S/C22H20ClN5OS2/c1-3-15-4-10-19(11-5-15)28(14(2)29)22-24-18(13-31-22)12-30-21-25-20(26-27-21)16-6-8-17(23)9-7-16/h4-11,13H,3,12H2,1-2H3,(H,25,26,27). The van der Waals surface area contributed by atoms with E-state index in [0.29, 0.717) is 26.9 Å². The van der Waals surface area contributed by atoms with E-state index >= 15 is 0 Å². The largest absolute Gasteiger partial charge is 0.274 e. The second-order valence-electron chi connectivity index (χ2n) is 6.76. The minimum atomic E-state index is -0.0700. The van der Waals surface area contributed by atoms with Gasteiger partial charge < -0.3 is 0 Å². The van der Waals surface area contributed by atoms with Gasteiger partial charge in [-0.1, -0.05) is 42.4 Å². The molecule has 0 saturated heterocycles. The zero-order valence-electron chi connectivity index (χ0n) is 17.0. The molecule has 1 amide bonds. The summed E-state index contributed by atoms with van der Waals surface area (Å²) in [4.78, 5) is 23.1. The predicted octanol–water partition coefficient (Wildman–Crippen LogP) is 6.12. The van der Waals surface area contributed by atoms with Crippen LogP contribution >= 0.6 is 34.7 Å². The number of thioether (sulfide) groups is 1. The Morgan fingerprint density at radius 2 is 1.87 bits per heavy atom. The summed E-state index contributed by atoms with van der Waals surface area (Å²) in [5.74, 6) is 1.23. The summed E-state index contributed by atoms with van der Waals surface area (Å²) >= 11 is 8.87. The number of nitrogens with zero attached hydrogens (tertiary/aromatic N) is 4. The number of benzene rings is 2. The van der Waals surface area contributed by atoms with E-state index in [1.165, 1.54) is 28.7 Å². The van der Waals surface area contributed by atoms with Gasteiger partial charge >= 0.3 is 0 Å². The number of thiazole rings is 1. The van der Waals surface area contributed by atoms with Crippen molar-refractivity contribution in [3.8, 4) is 11.4 Å². The zero-order chi connectivity index (χ0) is 21.8. The van der Waals surface area contributed by atoms with Crippen LogP contribution in [0.15, 0.2) is 59.1 Å². The van der Waals surface area contributed by atoms with Crippen LogP contribution < -0.4 is 4.90 Å². The lowest BCUT2D eigenvalue weighted by molar-refractivity contribution is -0.115. The molecule has 0 unspecified atom stereocenters. The Morgan fingerprint density at radius 1 is 1.13 bits per heavy atom. The average Bonchev–Trinajstić information content (AvgIpc) is 3.43. The third kappa shape index (κ3) is 5.15. The first kappa shape index (κ1) is 21.5. The maximum absolute atomic E-state index is 12.3. The number of anilines is 2. The highest BCUT2D eigenvalue weighted by atomic mass is 35.5. The number of halogens is 1. The van der Waals surface area contributed by atoms with Gasteiger partial charge in [-0.15, -0.1) is 16.4 Å². The highest BCUT2D eigenvalue weighted by molar-refractivity contribution is 7.98. The van der Waals surface area contributed by atoms with Crippen LogP contribution in [0.25, 0.3) is 11.4 Å². The zero-order valence-corrected chi connectivity index (χ0v) is 19.4. The number of aromatic amines is 1. The van der Waals surface area contributed by atoms with E-state index in [1.54, 1.807) is 11.8 Å². The minimum Gasteiger partial charge on any atom is -0.274 e. The van der Waals surface area contributed by atoms with Crippen LogP contribution in [0, 0.1) is 0 Å². The Kier molecular flexibility index (Phi) is 6.70. The molecule has 4 rings (SSSR count). The van der Waals surface area contributed by atoms with Gasteiger partial charge in [0.05, 0.1) is 11.4 Å². The first-order chi connectivity index (χ1) is 15.0. The molecule has 31 heavy (non-hydrogen) atoms. The van der Waals surface area contributed by atoms with E-state index in [4.69, 9.17) is 11.6 Å². The van der Waals surface area contributed by atoms with Gasteiger partial charge in [0.1, 0.15) is 0 Å². The summed E-state index contributed by atoms with van der Waals surface area (Å²) < 4.78 is 0. The van der Waals surface area contributed by atoms with Crippen LogP contribution in [0.2, 0.25) is 5.02 Å². The van der Waals surface area contributed by atoms with E-state index in [9.17, 15) is 4.79 Å². The second kappa shape index (κ2) is 9.64. The lowest BCUT2D eigenvalue weighted by Crippen LogP contribution is -2.22. The van der Waals surface area contributed by atoms with Crippen LogP contribution in [-0.2, 0) is 17.0 Å². The van der Waals surface area contributed by atoms with Crippen LogP contribution in [0.3, 0.4) is 0 Å². The normalized spacial score (nSPS) is 10.9. The Bertz CT molecular complexity index is 1170. The molecule has 2 aromatic heterocycles. The molecule has 0 atom stereocenters. The number of aromatic nitrogens is 4. The van der Waals surface area contributed by atoms with Gasteiger partial charge in [0.15, 0.2) is 11.0 Å². The lowest BCUT2D eigenvalue weighted by Gasteiger charge is -2.18. The van der Waals surface area contributed by atoms with Crippen molar-refractivity contribution in [1.82, 2.24) is 20.2 Å². The molecule has 2 aromatic carbocycles. The molecule has 4 aromatic rings. The van der Waals surface area contributed by atoms with Gasteiger partial charge in [-0.25, -0.2) is 9.97 Å². The number of amides is 1. The van der Waals surface area contributed by atoms with Crippen molar-refractivity contribution in [3.05, 3.63) is 70.2 Å². The number of hydrogen-bond acceptors (Lipinski definition) is 6. The van der Waals surface area contributed by atoms with Gasteiger partial charge in [-0.2, -0.15) is 0 Å². The fourth-order valence-electron chi connectivity index (χ4n) is 2.96. The quantitative estimate of drug-likeness (QED) is 0.330. The number of H-pyrrole nitrogens is 1. The summed E-state index contributed by atoms with van der Waals surface area (Å²) in [5.41, 5.74) is 3.85. The molecular formula is C22H20ClN5OS2. The van der Waals surface area contributed by atoms with Crippen LogP contribution in [-0.4, -0.2) is 26.1 Å². The minimum absolute atomic E-state index is 0.0700. The van der Waals surface area contributed by atoms with Crippen molar-refractivity contribution in [2.45, 2.75) is 31.2 Å². The summed E-state index contributed by atoms with van der Waals surface area (Å²) in [5, 5.41) is 11.2. The molecule has 0 saturated carbocycles. The highest BCUT2D eigenvalue weighted by Crippen LogP contribution is 2.31.